The molecule has 1 aliphatic carbocycles. The van der Waals surface area contributed by atoms with Gasteiger partial charge in [0.15, 0.2) is 0 Å². The van der Waals surface area contributed by atoms with Crippen LogP contribution in [0.25, 0.3) is 6.08 Å². The number of carbonyl (C=O) groups excluding carboxylic acids is 1. The van der Waals surface area contributed by atoms with Crippen molar-refractivity contribution in [3.63, 3.8) is 0 Å². The third kappa shape index (κ3) is 4.67. The Morgan fingerprint density at radius 1 is 1.28 bits per heavy atom. The molecule has 0 bridgehead atoms. The minimum atomic E-state index is -0.167. The van der Waals surface area contributed by atoms with Crippen LogP contribution in [0.3, 0.4) is 0 Å². The highest BCUT2D eigenvalue weighted by Crippen LogP contribution is 2.36. The van der Waals surface area contributed by atoms with Crippen LogP contribution in [0, 0.1) is 5.92 Å². The number of pyridine rings is 1. The molecule has 1 fully saturated rings. The SMILES string of the molecule is O=C(/C=C/c1cncc(O)c1)N(Cc1ccccc1)C(CO)C1CC1. The number of hydrogen-bond donors (Lipinski definition) is 2. The summed E-state index contributed by atoms with van der Waals surface area (Å²) in [5.41, 5.74) is 1.68. The number of aromatic hydroxyl groups is 1. The summed E-state index contributed by atoms with van der Waals surface area (Å²) in [6.45, 7) is 0.425. The molecule has 1 aromatic carbocycles. The van der Waals surface area contributed by atoms with Crippen LogP contribution in [0.1, 0.15) is 24.0 Å². The molecule has 1 heterocycles. The molecular weight excluding hydrogens is 316 g/mol. The van der Waals surface area contributed by atoms with E-state index in [2.05, 4.69) is 4.98 Å². The number of nitrogens with zero attached hydrogens (tertiary/aromatic N) is 2. The molecule has 0 spiro atoms. The lowest BCUT2D eigenvalue weighted by atomic mass is 10.1. The topological polar surface area (TPSA) is 73.7 Å². The number of rotatable bonds is 7. The highest BCUT2D eigenvalue weighted by molar-refractivity contribution is 5.92. The van der Waals surface area contributed by atoms with Gasteiger partial charge >= 0.3 is 0 Å². The second-order valence-electron chi connectivity index (χ2n) is 6.35. The van der Waals surface area contributed by atoms with Gasteiger partial charge in [-0.25, -0.2) is 0 Å². The highest BCUT2D eigenvalue weighted by atomic mass is 16.3. The number of aromatic nitrogens is 1. The van der Waals surface area contributed by atoms with Gasteiger partial charge in [0.05, 0.1) is 18.8 Å². The van der Waals surface area contributed by atoms with Crippen molar-refractivity contribution in [3.05, 3.63) is 66.0 Å². The Bertz CT molecular complexity index is 742. The largest absolute Gasteiger partial charge is 0.506 e. The predicted octanol–water partition coefficient (Wildman–Crippen LogP) is 2.60. The molecule has 1 unspecified atom stereocenters. The average molecular weight is 338 g/mol. The molecule has 25 heavy (non-hydrogen) atoms. The highest BCUT2D eigenvalue weighted by Gasteiger charge is 2.36. The third-order valence-corrected chi connectivity index (χ3v) is 4.40. The van der Waals surface area contributed by atoms with Crippen molar-refractivity contribution in [3.8, 4) is 5.75 Å². The Morgan fingerprint density at radius 3 is 2.68 bits per heavy atom. The van der Waals surface area contributed by atoms with E-state index in [1.165, 1.54) is 12.3 Å². The summed E-state index contributed by atoms with van der Waals surface area (Å²) >= 11 is 0. The van der Waals surface area contributed by atoms with Crippen molar-refractivity contribution < 1.29 is 15.0 Å². The van der Waals surface area contributed by atoms with Crippen LogP contribution >= 0.6 is 0 Å². The van der Waals surface area contributed by atoms with Gasteiger partial charge in [0.1, 0.15) is 5.75 Å². The van der Waals surface area contributed by atoms with E-state index in [0.717, 1.165) is 18.4 Å². The van der Waals surface area contributed by atoms with E-state index < -0.39 is 0 Å². The van der Waals surface area contributed by atoms with Gasteiger partial charge in [-0.1, -0.05) is 30.3 Å². The van der Waals surface area contributed by atoms with E-state index in [-0.39, 0.29) is 24.3 Å². The molecule has 1 aliphatic rings. The van der Waals surface area contributed by atoms with Crippen molar-refractivity contribution in [2.75, 3.05) is 6.61 Å². The first kappa shape index (κ1) is 17.2. The lowest BCUT2D eigenvalue weighted by Crippen LogP contribution is -2.42. The molecule has 5 heteroatoms. The Hall–Kier alpha value is -2.66. The number of aliphatic hydroxyl groups excluding tert-OH is 1. The second-order valence-corrected chi connectivity index (χ2v) is 6.35. The summed E-state index contributed by atoms with van der Waals surface area (Å²) in [7, 11) is 0. The lowest BCUT2D eigenvalue weighted by molar-refractivity contribution is -0.130. The Labute approximate surface area is 147 Å². The molecule has 1 amide bonds. The maximum atomic E-state index is 12.8. The zero-order valence-corrected chi connectivity index (χ0v) is 14.0. The summed E-state index contributed by atoms with van der Waals surface area (Å²) < 4.78 is 0. The van der Waals surface area contributed by atoms with Gasteiger partial charge in [0, 0.05) is 18.8 Å². The molecule has 0 aliphatic heterocycles. The Balaban J connectivity index is 1.78. The molecule has 3 rings (SSSR count). The standard InChI is InChI=1S/C20H22N2O3/c23-14-19(17-7-8-17)22(13-15-4-2-1-3-5-15)20(25)9-6-16-10-18(24)12-21-11-16/h1-6,9-12,17,19,23-24H,7-8,13-14H2/b9-6+. The van der Waals surface area contributed by atoms with Gasteiger partial charge in [0.25, 0.3) is 0 Å². The Morgan fingerprint density at radius 2 is 2.04 bits per heavy atom. The molecular formula is C20H22N2O3. The zero-order valence-electron chi connectivity index (χ0n) is 14.0. The predicted molar refractivity (Wildman–Crippen MR) is 95.5 cm³/mol. The summed E-state index contributed by atoms with van der Waals surface area (Å²) in [5, 5.41) is 19.3. The van der Waals surface area contributed by atoms with Crippen molar-refractivity contribution >= 4 is 12.0 Å². The van der Waals surface area contributed by atoms with Gasteiger partial charge in [0.2, 0.25) is 5.91 Å². The van der Waals surface area contributed by atoms with E-state index in [9.17, 15) is 15.0 Å². The van der Waals surface area contributed by atoms with Gasteiger partial charge in [-0.3, -0.25) is 9.78 Å². The Kier molecular flexibility index (Phi) is 5.46. The quantitative estimate of drug-likeness (QED) is 0.761. The van der Waals surface area contributed by atoms with Gasteiger partial charge in [-0.2, -0.15) is 0 Å². The zero-order chi connectivity index (χ0) is 17.6. The third-order valence-electron chi connectivity index (χ3n) is 4.40. The maximum absolute atomic E-state index is 12.8. The molecule has 2 N–H and O–H groups in total. The number of amides is 1. The van der Waals surface area contributed by atoms with Gasteiger partial charge in [-0.15, -0.1) is 0 Å². The van der Waals surface area contributed by atoms with Crippen LogP contribution in [0.2, 0.25) is 0 Å². The fourth-order valence-electron chi connectivity index (χ4n) is 2.92. The normalized spacial score (nSPS) is 15.2. The summed E-state index contributed by atoms with van der Waals surface area (Å²) in [4.78, 5) is 18.4. The van der Waals surface area contributed by atoms with E-state index in [1.54, 1.807) is 23.2 Å². The van der Waals surface area contributed by atoms with Crippen molar-refractivity contribution in [1.82, 2.24) is 9.88 Å². The number of benzene rings is 1. The van der Waals surface area contributed by atoms with Crippen LogP contribution in [0.5, 0.6) is 5.75 Å². The van der Waals surface area contributed by atoms with Gasteiger partial charge in [-0.05, 0) is 42.0 Å². The van der Waals surface area contributed by atoms with Crippen molar-refractivity contribution in [2.24, 2.45) is 5.92 Å². The molecule has 1 aromatic heterocycles. The van der Waals surface area contributed by atoms with E-state index in [0.29, 0.717) is 18.0 Å². The second kappa shape index (κ2) is 7.94. The molecule has 1 atom stereocenters. The monoisotopic (exact) mass is 338 g/mol. The fourth-order valence-corrected chi connectivity index (χ4v) is 2.92. The lowest BCUT2D eigenvalue weighted by Gasteiger charge is -2.30. The van der Waals surface area contributed by atoms with Crippen LogP contribution in [-0.4, -0.2) is 38.7 Å². The number of hydrogen-bond acceptors (Lipinski definition) is 4. The molecule has 0 saturated heterocycles. The minimum Gasteiger partial charge on any atom is -0.506 e. The first-order valence-corrected chi connectivity index (χ1v) is 8.45. The first-order chi connectivity index (χ1) is 12.2. The van der Waals surface area contributed by atoms with Crippen molar-refractivity contribution in [2.45, 2.75) is 25.4 Å². The fraction of sp³-hybridized carbons (Fsp3) is 0.300. The van der Waals surface area contributed by atoms with Crippen LogP contribution in [0.4, 0.5) is 0 Å². The van der Waals surface area contributed by atoms with Crippen LogP contribution < -0.4 is 0 Å². The number of aliphatic hydroxyl groups is 1. The molecule has 130 valence electrons. The summed E-state index contributed by atoms with van der Waals surface area (Å²) in [6.07, 6.45) is 8.12. The number of carbonyl (C=O) groups is 1. The smallest absolute Gasteiger partial charge is 0.247 e. The first-order valence-electron chi connectivity index (χ1n) is 8.45. The van der Waals surface area contributed by atoms with E-state index in [1.807, 2.05) is 30.3 Å². The summed E-state index contributed by atoms with van der Waals surface area (Å²) in [5.74, 6) is 0.272. The summed E-state index contributed by atoms with van der Waals surface area (Å²) in [6, 6.07) is 11.2. The molecule has 0 radical (unpaired) electrons. The molecule has 5 nitrogen and oxygen atoms in total. The minimum absolute atomic E-state index is 0.0369. The van der Waals surface area contributed by atoms with Gasteiger partial charge < -0.3 is 15.1 Å². The van der Waals surface area contributed by atoms with Crippen LogP contribution in [0.15, 0.2) is 54.9 Å². The maximum Gasteiger partial charge on any atom is 0.247 e. The molecule has 1 saturated carbocycles. The van der Waals surface area contributed by atoms with E-state index >= 15 is 0 Å². The molecule has 2 aromatic rings. The van der Waals surface area contributed by atoms with Crippen molar-refractivity contribution in [1.29, 1.82) is 0 Å². The van der Waals surface area contributed by atoms with Crippen LogP contribution in [-0.2, 0) is 11.3 Å². The van der Waals surface area contributed by atoms with E-state index in [4.69, 9.17) is 0 Å². The average Bonchev–Trinajstić information content (AvgIpc) is 3.45.